The predicted octanol–water partition coefficient (Wildman–Crippen LogP) is 30.7. The lowest BCUT2D eigenvalue weighted by atomic mass is 10.0. The third-order valence-corrected chi connectivity index (χ3v) is 23.5. The molecule has 0 saturated carbocycles. The van der Waals surface area contributed by atoms with Gasteiger partial charge in [0.25, 0.3) is 0 Å². The fourth-order valence-corrected chi connectivity index (χ4v) is 15.2. The summed E-state index contributed by atoms with van der Waals surface area (Å²) in [5.41, 5.74) is 15.8. The van der Waals surface area contributed by atoms with Gasteiger partial charge in [0, 0.05) is 55.2 Å². The SMILES string of the molecule is C.C.C.C.C.C.C.CSc1cc(C)c(C)cc1C.CSc1ccc(C(=O)c2ccc(C)cc2)cc1.CSc1ccc(C)cc1C.CSc1ccc(C)cc1Sc1ccc(C)cc1.CSc1ccc(Oc2ccc(C)cc2)cc1.CSc1ccc(S(=O)(=O)c2ccc(C)cc2)cc1.CSc1cccc(C)c1. The summed E-state index contributed by atoms with van der Waals surface area (Å²) in [6.45, 7) is 23.1. The van der Waals surface area contributed by atoms with Crippen molar-refractivity contribution in [2.45, 2.75) is 182 Å². The lowest BCUT2D eigenvalue weighted by Gasteiger charge is -2.08. The molecule has 11 aromatic rings. The quantitative estimate of drug-likeness (QED) is 0.0726. The second-order valence-corrected chi connectivity index (χ2v) is 32.1. The van der Waals surface area contributed by atoms with E-state index in [0.29, 0.717) is 9.79 Å². The first kappa shape index (κ1) is 103. The summed E-state index contributed by atoms with van der Waals surface area (Å²) < 4.78 is 30.4. The molecule has 0 unspecified atom stereocenters. The number of ether oxygens (including phenoxy) is 1. The Hall–Kier alpha value is -6.36. The number of sulfone groups is 1. The molecule has 0 aliphatic rings. The van der Waals surface area contributed by atoms with Gasteiger partial charge in [-0.15, -0.1) is 82.3 Å². The molecule has 13 heteroatoms. The van der Waals surface area contributed by atoms with Crippen molar-refractivity contribution in [2.24, 2.45) is 0 Å². The lowest BCUT2D eigenvalue weighted by molar-refractivity contribution is 0.103. The van der Waals surface area contributed by atoms with E-state index in [4.69, 9.17) is 4.74 Å². The van der Waals surface area contributed by atoms with Crippen LogP contribution >= 0.6 is 94.1 Å². The molecule has 0 aliphatic carbocycles. The van der Waals surface area contributed by atoms with E-state index in [1.165, 1.54) is 94.8 Å². The average Bonchev–Trinajstić information content (AvgIpc) is 0.809. The number of hydrogen-bond donors (Lipinski definition) is 0. The maximum Gasteiger partial charge on any atom is 0.206 e. The van der Waals surface area contributed by atoms with Crippen molar-refractivity contribution in [1.29, 1.82) is 0 Å². The number of hydrogen-bond acceptors (Lipinski definition) is 12. The highest BCUT2D eigenvalue weighted by Gasteiger charge is 2.17. The van der Waals surface area contributed by atoms with Crippen LogP contribution < -0.4 is 4.74 Å². The standard InChI is InChI=1S/C15H14OS.C15H16S2.C14H14O2S2.C14H14OS.C10H14S.C9H12S.C8H10S.7CH4/c1-11-3-5-12(6-4-11)15(16)13-7-9-14(17-2)10-8-13;1-11-4-7-13(8-5-11)17-15-10-12(2)6-9-14(15)16-3;1-11-3-7-13(8-4-11)18(15,16)14-9-5-12(17-2)6-10-14;1-11-3-5-12(6-4-11)15-13-7-9-14(16-2)10-8-13;1-7-5-9(3)10(11-4)6-8(7)2;1-7-4-5-9(10-3)8(2)6-7;1-7-4-3-5-8(6-7)9-2;;;;;;;/h3-10H,1-2H3;4-10H,1-3H3;3-10H,1-2H3;3-10H,1-2H3;5-6H,1-4H3;4-6H,1-3H3;3-6H,1-2H3;7*1H4. The minimum Gasteiger partial charge on any atom is -0.457 e. The smallest absolute Gasteiger partial charge is 0.206 e. The van der Waals surface area contributed by atoms with Gasteiger partial charge in [0.2, 0.25) is 9.84 Å². The molecule has 0 radical (unpaired) electrons. The molecule has 0 N–H and O–H groups in total. The highest BCUT2D eigenvalue weighted by molar-refractivity contribution is 8.02. The van der Waals surface area contributed by atoms with E-state index in [0.717, 1.165) is 33.1 Å². The molecule has 0 aliphatic heterocycles. The van der Waals surface area contributed by atoms with Gasteiger partial charge in [-0.1, -0.05) is 194 Å². The van der Waals surface area contributed by atoms with Crippen molar-refractivity contribution >= 4 is 110 Å². The van der Waals surface area contributed by atoms with E-state index >= 15 is 0 Å². The Bertz CT molecular complexity index is 4310. The zero-order chi connectivity index (χ0) is 71.7. The molecular formula is C92H122O4S9. The van der Waals surface area contributed by atoms with Gasteiger partial charge in [0.1, 0.15) is 11.5 Å². The third-order valence-electron chi connectivity index (χ3n) is 15.0. The number of rotatable bonds is 15. The van der Waals surface area contributed by atoms with Gasteiger partial charge in [-0.3, -0.25) is 4.79 Å². The summed E-state index contributed by atoms with van der Waals surface area (Å²) in [5, 5.41) is 0. The minimum atomic E-state index is -3.39. The Morgan fingerprint density at radius 2 is 0.590 bits per heavy atom. The maximum absolute atomic E-state index is 12.3. The number of thioether (sulfide) groups is 7. The number of benzene rings is 11. The van der Waals surface area contributed by atoms with Gasteiger partial charge in [-0.25, -0.2) is 8.42 Å². The molecular weight excluding hydrogens is 1460 g/mol. The van der Waals surface area contributed by atoms with Gasteiger partial charge in [0.05, 0.1) is 9.79 Å². The summed E-state index contributed by atoms with van der Waals surface area (Å²) in [6.07, 6.45) is 14.5. The second-order valence-electron chi connectivity index (χ2n) is 23.0. The molecule has 105 heavy (non-hydrogen) atoms. The van der Waals surface area contributed by atoms with Crippen molar-refractivity contribution in [3.8, 4) is 11.5 Å². The van der Waals surface area contributed by atoms with Gasteiger partial charge in [0.15, 0.2) is 5.78 Å². The predicted molar refractivity (Wildman–Crippen MR) is 486 cm³/mol. The highest BCUT2D eigenvalue weighted by atomic mass is 32.2. The molecule has 0 saturated heterocycles. The van der Waals surface area contributed by atoms with Crippen molar-refractivity contribution in [3.63, 3.8) is 0 Å². The van der Waals surface area contributed by atoms with Crippen molar-refractivity contribution in [3.05, 3.63) is 315 Å². The van der Waals surface area contributed by atoms with Crippen LogP contribution in [0, 0.1) is 76.2 Å². The molecule has 0 heterocycles. The molecule has 0 amide bonds. The van der Waals surface area contributed by atoms with E-state index in [1.54, 1.807) is 94.8 Å². The molecule has 11 aromatic carbocycles. The van der Waals surface area contributed by atoms with Crippen molar-refractivity contribution in [1.82, 2.24) is 0 Å². The first-order valence-corrected chi connectivity index (χ1v) is 42.6. The monoisotopic (exact) mass is 1580 g/mol. The van der Waals surface area contributed by atoms with Crippen LogP contribution in [0.5, 0.6) is 11.5 Å². The fraction of sp³-hybridized carbons (Fsp3) is 0.272. The first-order chi connectivity index (χ1) is 46.9. The molecule has 0 bridgehead atoms. The van der Waals surface area contributed by atoms with Crippen LogP contribution in [0.2, 0.25) is 0 Å². The molecule has 0 atom stereocenters. The molecule has 11 rings (SSSR count). The van der Waals surface area contributed by atoms with Gasteiger partial charge in [-0.05, 0) is 293 Å². The number of aryl methyl sites for hydroxylation is 11. The molecule has 0 spiro atoms. The number of carbonyl (C=O) groups is 1. The van der Waals surface area contributed by atoms with E-state index in [-0.39, 0.29) is 57.8 Å². The van der Waals surface area contributed by atoms with Crippen molar-refractivity contribution in [2.75, 3.05) is 43.8 Å². The largest absolute Gasteiger partial charge is 0.457 e. The number of ketones is 1. The number of carbonyl (C=O) groups excluding carboxylic acids is 1. The van der Waals surface area contributed by atoms with Crippen LogP contribution in [0.1, 0.15) is 129 Å². The van der Waals surface area contributed by atoms with Crippen molar-refractivity contribution < 1.29 is 17.9 Å². The zero-order valence-corrected chi connectivity index (χ0v) is 67.2. The van der Waals surface area contributed by atoms with E-state index in [2.05, 4.69) is 203 Å². The summed E-state index contributed by atoms with van der Waals surface area (Å²) in [7, 11) is -3.39. The molecule has 568 valence electrons. The van der Waals surface area contributed by atoms with Gasteiger partial charge < -0.3 is 4.74 Å². The average molecular weight is 1580 g/mol. The van der Waals surface area contributed by atoms with E-state index in [1.807, 2.05) is 159 Å². The summed E-state index contributed by atoms with van der Waals surface area (Å²) in [4.78, 5) is 24.4. The second kappa shape index (κ2) is 54.3. The zero-order valence-electron chi connectivity index (χ0n) is 59.9. The third kappa shape index (κ3) is 35.9. The van der Waals surface area contributed by atoms with Crippen LogP contribution in [-0.4, -0.2) is 58.0 Å². The maximum atomic E-state index is 12.3. The van der Waals surface area contributed by atoms with Crippen LogP contribution in [-0.2, 0) is 9.84 Å². The van der Waals surface area contributed by atoms with Gasteiger partial charge in [-0.2, -0.15) is 0 Å². The van der Waals surface area contributed by atoms with Crippen LogP contribution in [0.25, 0.3) is 0 Å². The Kier molecular flexibility index (Phi) is 53.1. The molecule has 0 aromatic heterocycles. The van der Waals surface area contributed by atoms with Gasteiger partial charge >= 0.3 is 0 Å². The normalized spacial score (nSPS) is 9.70. The Labute approximate surface area is 673 Å². The fourth-order valence-electron chi connectivity index (χ4n) is 9.13. The lowest BCUT2D eigenvalue weighted by Crippen LogP contribution is -2.01. The van der Waals surface area contributed by atoms with E-state index < -0.39 is 9.84 Å². The Morgan fingerprint density at radius 3 is 1.01 bits per heavy atom. The molecule has 0 fully saturated rings. The minimum absolute atomic E-state index is 0. The van der Waals surface area contributed by atoms with Crippen LogP contribution in [0.3, 0.4) is 0 Å². The summed E-state index contributed by atoms with van der Waals surface area (Å²) in [6, 6.07) is 80.3. The highest BCUT2D eigenvalue weighted by Crippen LogP contribution is 2.36. The topological polar surface area (TPSA) is 60.4 Å². The first-order valence-electron chi connectivity index (χ1n) is 31.8. The van der Waals surface area contributed by atoms with Crippen LogP contribution in [0.4, 0.5) is 0 Å². The Balaban J connectivity index is -0.00000116. The van der Waals surface area contributed by atoms with E-state index in [9.17, 15) is 13.2 Å². The van der Waals surface area contributed by atoms with Crippen LogP contribution in [0.15, 0.2) is 297 Å². The summed E-state index contributed by atoms with van der Waals surface area (Å²) in [5.74, 6) is 1.84. The molecule has 4 nitrogen and oxygen atoms in total. The summed E-state index contributed by atoms with van der Waals surface area (Å²) >= 11 is 14.0. The Morgan fingerprint density at radius 1 is 0.267 bits per heavy atom.